The highest BCUT2D eigenvalue weighted by Crippen LogP contribution is 2.24. The molecule has 0 bridgehead atoms. The van der Waals surface area contributed by atoms with Gasteiger partial charge in [0.25, 0.3) is 0 Å². The molecule has 5 heteroatoms. The minimum atomic E-state index is 0.640. The molecule has 106 valence electrons. The number of hydrogen-bond acceptors (Lipinski definition) is 3. The summed E-state index contributed by atoms with van der Waals surface area (Å²) < 4.78 is 7.00. The fourth-order valence-corrected chi connectivity index (χ4v) is 2.35. The van der Waals surface area contributed by atoms with E-state index in [1.165, 1.54) is 18.4 Å². The van der Waals surface area contributed by atoms with Gasteiger partial charge >= 0.3 is 0 Å². The average Bonchev–Trinajstić information content (AvgIpc) is 3.15. The van der Waals surface area contributed by atoms with Crippen LogP contribution in [0, 0.1) is 0 Å². The number of methoxy groups -OCH3 is 1. The number of allylic oxidation sites excluding steroid dienone is 1. The smallest absolute Gasteiger partial charge is 0.0862 e. The van der Waals surface area contributed by atoms with Gasteiger partial charge in [-0.3, -0.25) is 4.68 Å². The Morgan fingerprint density at radius 3 is 3.11 bits per heavy atom. The molecule has 1 aliphatic rings. The second kappa shape index (κ2) is 7.08. The molecule has 0 amide bonds. The summed E-state index contributed by atoms with van der Waals surface area (Å²) in [6, 6.07) is 0.768. The third kappa shape index (κ3) is 4.34. The van der Waals surface area contributed by atoms with Crippen molar-refractivity contribution >= 4 is 17.2 Å². The summed E-state index contributed by atoms with van der Waals surface area (Å²) in [4.78, 5) is 0. The lowest BCUT2D eigenvalue weighted by Gasteiger charge is -2.08. The summed E-state index contributed by atoms with van der Waals surface area (Å²) in [5, 5.41) is 8.50. The summed E-state index contributed by atoms with van der Waals surface area (Å²) in [6.45, 7) is 4.49. The third-order valence-corrected chi connectivity index (χ3v) is 3.56. The second-order valence-corrected chi connectivity index (χ2v) is 5.37. The van der Waals surface area contributed by atoms with Crippen molar-refractivity contribution in [2.45, 2.75) is 38.8 Å². The predicted octanol–water partition coefficient (Wildman–Crippen LogP) is 2.73. The topological polar surface area (TPSA) is 39.1 Å². The first-order valence-electron chi connectivity index (χ1n) is 6.83. The van der Waals surface area contributed by atoms with Crippen molar-refractivity contribution in [3.05, 3.63) is 23.0 Å². The fraction of sp³-hybridized carbons (Fsp3) is 0.643. The van der Waals surface area contributed by atoms with Crippen molar-refractivity contribution in [3.63, 3.8) is 0 Å². The minimum absolute atomic E-state index is 0.640. The van der Waals surface area contributed by atoms with Crippen molar-refractivity contribution in [2.24, 2.45) is 0 Å². The van der Waals surface area contributed by atoms with Crippen molar-refractivity contribution in [2.75, 3.05) is 20.3 Å². The highest BCUT2D eigenvalue weighted by atomic mass is 35.5. The van der Waals surface area contributed by atoms with Crippen molar-refractivity contribution in [1.29, 1.82) is 0 Å². The Balaban J connectivity index is 1.93. The summed E-state index contributed by atoms with van der Waals surface area (Å²) in [7, 11) is 1.69. The van der Waals surface area contributed by atoms with Crippen molar-refractivity contribution in [1.82, 2.24) is 15.1 Å². The SMILES string of the molecule is COCCn1ncc(Cl)c1C(C)=CCCNC1CC1. The normalized spacial score (nSPS) is 16.1. The summed E-state index contributed by atoms with van der Waals surface area (Å²) in [5.41, 5.74) is 2.18. The van der Waals surface area contributed by atoms with E-state index >= 15 is 0 Å². The second-order valence-electron chi connectivity index (χ2n) is 4.96. The molecule has 19 heavy (non-hydrogen) atoms. The number of ether oxygens (including phenoxy) is 1. The van der Waals surface area contributed by atoms with Crippen LogP contribution in [-0.2, 0) is 11.3 Å². The molecule has 0 radical (unpaired) electrons. The molecule has 1 fully saturated rings. The van der Waals surface area contributed by atoms with E-state index < -0.39 is 0 Å². The van der Waals surface area contributed by atoms with E-state index in [-0.39, 0.29) is 0 Å². The number of nitrogens with zero attached hydrogens (tertiary/aromatic N) is 2. The molecular weight excluding hydrogens is 262 g/mol. The van der Waals surface area contributed by atoms with Crippen LogP contribution in [0.25, 0.3) is 5.57 Å². The molecule has 0 aromatic carbocycles. The van der Waals surface area contributed by atoms with E-state index in [0.29, 0.717) is 11.6 Å². The minimum Gasteiger partial charge on any atom is -0.383 e. The van der Waals surface area contributed by atoms with Gasteiger partial charge < -0.3 is 10.1 Å². The van der Waals surface area contributed by atoms with E-state index in [2.05, 4.69) is 23.4 Å². The number of aromatic nitrogens is 2. The van der Waals surface area contributed by atoms with Gasteiger partial charge in [-0.25, -0.2) is 0 Å². The Kier molecular flexibility index (Phi) is 5.43. The Labute approximate surface area is 119 Å². The monoisotopic (exact) mass is 283 g/mol. The van der Waals surface area contributed by atoms with Gasteiger partial charge in [-0.1, -0.05) is 17.7 Å². The largest absolute Gasteiger partial charge is 0.383 e. The average molecular weight is 284 g/mol. The van der Waals surface area contributed by atoms with Crippen LogP contribution in [0.15, 0.2) is 12.3 Å². The fourth-order valence-electron chi connectivity index (χ4n) is 2.06. The quantitative estimate of drug-likeness (QED) is 0.746. The van der Waals surface area contributed by atoms with Crippen LogP contribution in [0.1, 0.15) is 31.9 Å². The Morgan fingerprint density at radius 1 is 1.63 bits per heavy atom. The van der Waals surface area contributed by atoms with Crippen LogP contribution in [0.2, 0.25) is 5.02 Å². The molecule has 0 atom stereocenters. The zero-order valence-electron chi connectivity index (χ0n) is 11.7. The number of nitrogens with one attached hydrogen (secondary N) is 1. The molecule has 1 N–H and O–H groups in total. The maximum Gasteiger partial charge on any atom is 0.0862 e. The molecule has 2 rings (SSSR count). The van der Waals surface area contributed by atoms with E-state index in [4.69, 9.17) is 16.3 Å². The van der Waals surface area contributed by atoms with Crippen LogP contribution in [0.4, 0.5) is 0 Å². The molecule has 1 aromatic heterocycles. The van der Waals surface area contributed by atoms with Gasteiger partial charge in [-0.2, -0.15) is 5.10 Å². The molecule has 1 saturated carbocycles. The number of halogens is 1. The summed E-state index contributed by atoms with van der Waals surface area (Å²) >= 11 is 6.21. The summed E-state index contributed by atoms with van der Waals surface area (Å²) in [6.07, 6.45) is 7.61. The zero-order valence-corrected chi connectivity index (χ0v) is 12.4. The lowest BCUT2D eigenvalue weighted by atomic mass is 10.2. The predicted molar refractivity (Wildman–Crippen MR) is 78.4 cm³/mol. The molecule has 0 unspecified atom stereocenters. The first-order chi connectivity index (χ1) is 9.22. The molecule has 0 saturated heterocycles. The van der Waals surface area contributed by atoms with Gasteiger partial charge in [-0.05, 0) is 38.3 Å². The molecule has 0 spiro atoms. The van der Waals surface area contributed by atoms with Gasteiger partial charge in [0, 0.05) is 13.2 Å². The van der Waals surface area contributed by atoms with Gasteiger partial charge in [0.2, 0.25) is 0 Å². The zero-order chi connectivity index (χ0) is 13.7. The maximum atomic E-state index is 6.21. The third-order valence-electron chi connectivity index (χ3n) is 3.28. The Hall–Kier alpha value is -0.840. The highest BCUT2D eigenvalue weighted by molar-refractivity contribution is 6.32. The number of rotatable bonds is 8. The lowest BCUT2D eigenvalue weighted by Crippen LogP contribution is -2.16. The highest BCUT2D eigenvalue weighted by Gasteiger charge is 2.19. The van der Waals surface area contributed by atoms with Crippen LogP contribution in [0.3, 0.4) is 0 Å². The van der Waals surface area contributed by atoms with Crippen LogP contribution in [-0.4, -0.2) is 36.1 Å². The standard InChI is InChI=1S/C14H22ClN3O/c1-11(4-3-7-16-12-5-6-12)14-13(15)10-17-18(14)8-9-19-2/h4,10,12,16H,3,5-9H2,1-2H3. The molecule has 1 aliphatic carbocycles. The Bertz CT molecular complexity index is 438. The van der Waals surface area contributed by atoms with E-state index in [0.717, 1.165) is 31.2 Å². The molecule has 0 aliphatic heterocycles. The van der Waals surface area contributed by atoms with Crippen LogP contribution >= 0.6 is 11.6 Å². The van der Waals surface area contributed by atoms with Gasteiger partial charge in [0.15, 0.2) is 0 Å². The van der Waals surface area contributed by atoms with Gasteiger partial charge in [-0.15, -0.1) is 0 Å². The number of hydrogen-bond donors (Lipinski definition) is 1. The summed E-state index contributed by atoms with van der Waals surface area (Å²) in [5.74, 6) is 0. The van der Waals surface area contributed by atoms with Crippen molar-refractivity contribution < 1.29 is 4.74 Å². The molecular formula is C14H22ClN3O. The van der Waals surface area contributed by atoms with E-state index in [1.54, 1.807) is 13.3 Å². The molecule has 1 aromatic rings. The first-order valence-corrected chi connectivity index (χ1v) is 7.21. The van der Waals surface area contributed by atoms with Crippen molar-refractivity contribution in [3.8, 4) is 0 Å². The van der Waals surface area contributed by atoms with Crippen LogP contribution < -0.4 is 5.32 Å². The maximum absolute atomic E-state index is 6.21. The van der Waals surface area contributed by atoms with Gasteiger partial charge in [0.1, 0.15) is 0 Å². The molecule has 4 nitrogen and oxygen atoms in total. The lowest BCUT2D eigenvalue weighted by molar-refractivity contribution is 0.183. The Morgan fingerprint density at radius 2 is 2.42 bits per heavy atom. The van der Waals surface area contributed by atoms with Crippen LogP contribution in [0.5, 0.6) is 0 Å². The van der Waals surface area contributed by atoms with Gasteiger partial charge in [0.05, 0.1) is 30.1 Å². The first kappa shape index (κ1) is 14.6. The molecule has 1 heterocycles. The van der Waals surface area contributed by atoms with E-state index in [9.17, 15) is 0 Å². The van der Waals surface area contributed by atoms with E-state index in [1.807, 2.05) is 4.68 Å².